The van der Waals surface area contributed by atoms with Crippen LogP contribution in [0.15, 0.2) is 0 Å². The van der Waals surface area contributed by atoms with Gasteiger partial charge in [-0.3, -0.25) is 37.3 Å². The van der Waals surface area contributed by atoms with E-state index in [2.05, 4.69) is 41.5 Å². The minimum atomic E-state index is -4.97. The van der Waals surface area contributed by atoms with Gasteiger partial charge in [-0.15, -0.1) is 0 Å². The molecule has 6 atom stereocenters. The summed E-state index contributed by atoms with van der Waals surface area (Å²) in [6.45, 7) is 9.79. The van der Waals surface area contributed by atoms with E-state index in [4.69, 9.17) is 37.0 Å². The lowest BCUT2D eigenvalue weighted by Crippen LogP contribution is -2.30. The van der Waals surface area contributed by atoms with E-state index in [1.807, 2.05) is 0 Å². The Hall–Kier alpha value is -1.94. The minimum Gasteiger partial charge on any atom is -0.462 e. The second kappa shape index (κ2) is 80.3. The Morgan fingerprint density at radius 3 is 0.704 bits per heavy atom. The highest BCUT2D eigenvalue weighted by Crippen LogP contribution is 2.45. The van der Waals surface area contributed by atoms with Crippen LogP contribution in [0.5, 0.6) is 0 Å². The third kappa shape index (κ3) is 80.7. The van der Waals surface area contributed by atoms with Gasteiger partial charge in [-0.05, 0) is 37.5 Å². The number of rotatable bonds is 88. The lowest BCUT2D eigenvalue weighted by molar-refractivity contribution is -0.161. The Kier molecular flexibility index (Phi) is 78.8. The maximum Gasteiger partial charge on any atom is 0.472 e. The number of phosphoric ester groups is 2. The summed E-state index contributed by atoms with van der Waals surface area (Å²) < 4.78 is 69.0. The topological polar surface area (TPSA) is 237 Å². The summed E-state index contributed by atoms with van der Waals surface area (Å²) in [4.78, 5) is 73.3. The predicted molar refractivity (Wildman–Crippen MR) is 446 cm³/mol. The molecule has 0 aliphatic rings. The average molecular weight is 1580 g/mol. The van der Waals surface area contributed by atoms with Crippen molar-refractivity contribution in [3.8, 4) is 0 Å². The zero-order chi connectivity index (χ0) is 79.2. The number of carbonyl (C=O) groups excluding carboxylic acids is 4. The van der Waals surface area contributed by atoms with Crippen molar-refractivity contribution in [3.05, 3.63) is 0 Å². The number of ether oxygens (including phenoxy) is 4. The Bertz CT molecular complexity index is 2070. The van der Waals surface area contributed by atoms with E-state index in [9.17, 15) is 43.2 Å². The number of esters is 4. The molecule has 0 rings (SSSR count). The Labute approximate surface area is 664 Å². The summed E-state index contributed by atoms with van der Waals surface area (Å²) in [6.07, 6.45) is 73.5. The van der Waals surface area contributed by atoms with Crippen LogP contribution in [0, 0.1) is 11.8 Å². The average Bonchev–Trinajstić information content (AvgIpc) is 0.898. The summed E-state index contributed by atoms with van der Waals surface area (Å²) in [5, 5.41) is 10.7. The number of aliphatic hydroxyl groups excluding tert-OH is 1. The summed E-state index contributed by atoms with van der Waals surface area (Å²) in [5.41, 5.74) is 0. The summed E-state index contributed by atoms with van der Waals surface area (Å²) >= 11 is 0. The van der Waals surface area contributed by atoms with Crippen LogP contribution in [0.1, 0.15) is 478 Å². The standard InChI is InChI=1S/C89H174O17P2/c1-7-10-12-14-16-18-20-34-43-49-55-61-67-73-88(93)105-84(77-99-86(91)71-65-59-53-47-41-21-19-17-15-13-11-8-2)79-103-107(95,96)101-75-83(90)76-102-108(97,98)104-80-85(78-100-87(92)72-66-60-54-48-42-37-32-28-24-22-26-30-35-39-45-51-57-63-69-81(4)5)106-89(94)74-68-62-56-50-44-38-33-29-25-23-27-31-36-40-46-52-58-64-70-82(6)9-3/h81-85,90H,7-80H2,1-6H3,(H,95,96)(H,97,98)/t82?,83-,84+,85+/m0/s1. The smallest absolute Gasteiger partial charge is 0.462 e. The maximum atomic E-state index is 13.2. The molecule has 0 aromatic rings. The number of aliphatic hydroxyl groups is 1. The number of carbonyl (C=O) groups is 4. The molecule has 0 saturated carbocycles. The number of phosphoric acid groups is 2. The highest BCUT2D eigenvalue weighted by atomic mass is 31.2. The van der Waals surface area contributed by atoms with E-state index < -0.39 is 97.5 Å². The molecule has 0 saturated heterocycles. The molecule has 0 fully saturated rings. The van der Waals surface area contributed by atoms with Gasteiger partial charge in [0.15, 0.2) is 12.2 Å². The van der Waals surface area contributed by atoms with E-state index in [-0.39, 0.29) is 25.7 Å². The van der Waals surface area contributed by atoms with E-state index in [0.717, 1.165) is 102 Å². The van der Waals surface area contributed by atoms with Gasteiger partial charge in [0.05, 0.1) is 26.4 Å². The first-order chi connectivity index (χ1) is 52.4. The number of hydrogen-bond donors (Lipinski definition) is 3. The van der Waals surface area contributed by atoms with Gasteiger partial charge in [0.2, 0.25) is 0 Å². The first kappa shape index (κ1) is 106. The molecular weight excluding hydrogens is 1400 g/mol. The van der Waals surface area contributed by atoms with Crippen LogP contribution >= 0.6 is 15.6 Å². The molecule has 0 bridgehead atoms. The highest BCUT2D eigenvalue weighted by molar-refractivity contribution is 7.47. The van der Waals surface area contributed by atoms with Gasteiger partial charge in [-0.1, -0.05) is 427 Å². The molecule has 19 heteroatoms. The summed E-state index contributed by atoms with van der Waals surface area (Å²) in [5.74, 6) is -0.402. The zero-order valence-electron chi connectivity index (χ0n) is 71.2. The van der Waals surface area contributed by atoms with Crippen LogP contribution in [-0.2, 0) is 65.4 Å². The van der Waals surface area contributed by atoms with Crippen molar-refractivity contribution in [3.63, 3.8) is 0 Å². The fourth-order valence-corrected chi connectivity index (χ4v) is 15.5. The van der Waals surface area contributed by atoms with Crippen LogP contribution in [-0.4, -0.2) is 96.7 Å². The molecule has 642 valence electrons. The van der Waals surface area contributed by atoms with Crippen LogP contribution < -0.4 is 0 Å². The fourth-order valence-electron chi connectivity index (χ4n) is 13.9. The first-order valence-corrected chi connectivity index (χ1v) is 49.0. The monoisotopic (exact) mass is 1580 g/mol. The van der Waals surface area contributed by atoms with Crippen LogP contribution in [0.25, 0.3) is 0 Å². The van der Waals surface area contributed by atoms with Crippen molar-refractivity contribution in [2.75, 3.05) is 39.6 Å². The molecule has 0 spiro atoms. The molecule has 3 N–H and O–H groups in total. The molecule has 108 heavy (non-hydrogen) atoms. The molecular formula is C89H174O17P2. The van der Waals surface area contributed by atoms with E-state index in [1.165, 1.54) is 295 Å². The third-order valence-electron chi connectivity index (χ3n) is 21.3. The predicted octanol–water partition coefficient (Wildman–Crippen LogP) is 27.4. The van der Waals surface area contributed by atoms with Gasteiger partial charge in [0.25, 0.3) is 0 Å². The molecule has 0 aromatic heterocycles. The molecule has 0 aliphatic carbocycles. The molecule has 17 nitrogen and oxygen atoms in total. The van der Waals surface area contributed by atoms with E-state index in [0.29, 0.717) is 25.7 Å². The lowest BCUT2D eigenvalue weighted by atomic mass is 9.99. The van der Waals surface area contributed by atoms with Gasteiger partial charge in [0.1, 0.15) is 19.3 Å². The van der Waals surface area contributed by atoms with Gasteiger partial charge in [0, 0.05) is 25.7 Å². The number of unbranched alkanes of at least 4 members (excludes halogenated alkanes) is 57. The lowest BCUT2D eigenvalue weighted by Gasteiger charge is -2.21. The second-order valence-corrected chi connectivity index (χ2v) is 35.6. The van der Waals surface area contributed by atoms with Gasteiger partial charge in [-0.2, -0.15) is 0 Å². The van der Waals surface area contributed by atoms with Crippen LogP contribution in [0.3, 0.4) is 0 Å². The summed E-state index contributed by atoms with van der Waals surface area (Å²) in [6, 6.07) is 0. The van der Waals surface area contributed by atoms with Crippen LogP contribution in [0.2, 0.25) is 0 Å². The Morgan fingerprint density at radius 2 is 0.472 bits per heavy atom. The maximum absolute atomic E-state index is 13.2. The SMILES string of the molecule is CCCCCCCCCCCCCCCC(=O)O[C@H](COC(=O)CCCCCCCCCCCCCC)COP(=O)(O)OC[C@H](O)COP(=O)(O)OC[C@@H](COC(=O)CCCCCCCCCCCCCCCCCCCCC(C)C)OC(=O)CCCCCCCCCCCCCCCCCCCCC(C)CC. The Balaban J connectivity index is 5.22. The van der Waals surface area contributed by atoms with Gasteiger partial charge < -0.3 is 33.8 Å². The Morgan fingerprint density at radius 1 is 0.269 bits per heavy atom. The first-order valence-electron chi connectivity index (χ1n) is 46.0. The van der Waals surface area contributed by atoms with Crippen molar-refractivity contribution < 1.29 is 80.2 Å². The molecule has 0 aromatic carbocycles. The highest BCUT2D eigenvalue weighted by Gasteiger charge is 2.31. The van der Waals surface area contributed by atoms with E-state index in [1.54, 1.807) is 0 Å². The molecule has 0 aliphatic heterocycles. The van der Waals surface area contributed by atoms with Crippen molar-refractivity contribution in [2.24, 2.45) is 11.8 Å². The molecule has 0 radical (unpaired) electrons. The fraction of sp³-hybridized carbons (Fsp3) is 0.955. The van der Waals surface area contributed by atoms with E-state index >= 15 is 0 Å². The van der Waals surface area contributed by atoms with Crippen molar-refractivity contribution in [2.45, 2.75) is 496 Å². The van der Waals surface area contributed by atoms with Crippen molar-refractivity contribution in [1.29, 1.82) is 0 Å². The summed E-state index contributed by atoms with van der Waals surface area (Å²) in [7, 11) is -9.93. The van der Waals surface area contributed by atoms with Crippen LogP contribution in [0.4, 0.5) is 0 Å². The minimum absolute atomic E-state index is 0.108. The molecule has 0 amide bonds. The van der Waals surface area contributed by atoms with Crippen molar-refractivity contribution in [1.82, 2.24) is 0 Å². The molecule has 3 unspecified atom stereocenters. The van der Waals surface area contributed by atoms with Gasteiger partial charge in [-0.25, -0.2) is 9.13 Å². The van der Waals surface area contributed by atoms with Gasteiger partial charge >= 0.3 is 39.5 Å². The quantitative estimate of drug-likeness (QED) is 0.0222. The second-order valence-electron chi connectivity index (χ2n) is 32.7. The molecule has 0 heterocycles. The normalized spacial score (nSPS) is 14.0. The largest absolute Gasteiger partial charge is 0.472 e. The zero-order valence-corrected chi connectivity index (χ0v) is 73.0. The third-order valence-corrected chi connectivity index (χ3v) is 23.2. The number of hydrogen-bond acceptors (Lipinski definition) is 15. The van der Waals surface area contributed by atoms with Crippen molar-refractivity contribution >= 4 is 39.5 Å².